The lowest BCUT2D eigenvalue weighted by Gasteiger charge is -2.13. The Kier molecular flexibility index (Phi) is 7.35. The number of esters is 1. The number of nitrogens with one attached hydrogen (secondary N) is 1. The van der Waals surface area contributed by atoms with Crippen LogP contribution in [0.1, 0.15) is 34.3 Å². The predicted octanol–water partition coefficient (Wildman–Crippen LogP) is 4.55. The van der Waals surface area contributed by atoms with Crippen LogP contribution in [-0.2, 0) is 11.3 Å². The molecule has 0 amide bonds. The number of fused-ring (bicyclic) bond motifs is 1. The van der Waals surface area contributed by atoms with Gasteiger partial charge in [0.1, 0.15) is 24.2 Å². The average molecular weight is 463 g/mol. The minimum Gasteiger partial charge on any atom is -0.491 e. The Morgan fingerprint density at radius 2 is 1.94 bits per heavy atom. The molecule has 7 nitrogen and oxygen atoms in total. The van der Waals surface area contributed by atoms with E-state index < -0.39 is 6.10 Å². The molecule has 0 aliphatic heterocycles. The third-order valence-corrected chi connectivity index (χ3v) is 5.65. The molecule has 0 aliphatic rings. The van der Waals surface area contributed by atoms with Crippen molar-refractivity contribution in [3.63, 3.8) is 0 Å². The average Bonchev–Trinajstić information content (AvgIpc) is 3.43. The van der Waals surface area contributed by atoms with Gasteiger partial charge in [-0.2, -0.15) is 0 Å². The fourth-order valence-electron chi connectivity index (χ4n) is 4.00. The minimum atomic E-state index is -0.700. The fraction of sp³-hybridized carbons (Fsp3) is 0.296. The molecule has 0 saturated carbocycles. The molecule has 0 saturated heterocycles. The summed E-state index contributed by atoms with van der Waals surface area (Å²) in [4.78, 5) is 12.8. The van der Waals surface area contributed by atoms with Crippen LogP contribution in [0.2, 0.25) is 0 Å². The Morgan fingerprint density at radius 1 is 1.15 bits per heavy atom. The number of hydrogen-bond acceptors (Lipinski definition) is 6. The van der Waals surface area contributed by atoms with Gasteiger partial charge in [-0.1, -0.05) is 17.7 Å². The van der Waals surface area contributed by atoms with E-state index in [0.717, 1.165) is 33.6 Å². The van der Waals surface area contributed by atoms with Crippen molar-refractivity contribution in [1.29, 1.82) is 0 Å². The summed E-state index contributed by atoms with van der Waals surface area (Å²) >= 11 is 0. The first-order chi connectivity index (χ1) is 16.5. The second-order valence-electron chi connectivity index (χ2n) is 8.21. The molecule has 2 aromatic heterocycles. The quantitative estimate of drug-likeness (QED) is 0.337. The summed E-state index contributed by atoms with van der Waals surface area (Å²) in [7, 11) is 0. The molecule has 0 radical (unpaired) electrons. The molecule has 4 aromatic rings. The standard InChI is InChI=1S/C27H30N2O5/c1-4-32-27(31)26-19(3)29(20-9-7-18(2)8-10-20)25-12-11-22(14-24(25)26)34-17-21(30)15-28-16-23-6-5-13-33-23/h5-14,21,28,30H,4,15-17H2,1-3H3/t21-/m0/s1. The maximum absolute atomic E-state index is 12.8. The van der Waals surface area contributed by atoms with Gasteiger partial charge >= 0.3 is 5.97 Å². The number of carbonyl (C=O) groups is 1. The lowest BCUT2D eigenvalue weighted by atomic mass is 10.1. The molecule has 0 fully saturated rings. The normalized spacial score (nSPS) is 12.1. The van der Waals surface area contributed by atoms with Crippen molar-refractivity contribution in [3.05, 3.63) is 83.4 Å². The lowest BCUT2D eigenvalue weighted by molar-refractivity contribution is 0.0527. The van der Waals surface area contributed by atoms with E-state index in [4.69, 9.17) is 13.9 Å². The first-order valence-corrected chi connectivity index (χ1v) is 11.4. The van der Waals surface area contributed by atoms with Gasteiger partial charge in [-0.05, 0) is 63.2 Å². The molecule has 178 valence electrons. The Hall–Kier alpha value is -3.55. The fourth-order valence-corrected chi connectivity index (χ4v) is 4.00. The topological polar surface area (TPSA) is 85.9 Å². The molecular formula is C27H30N2O5. The predicted molar refractivity (Wildman–Crippen MR) is 131 cm³/mol. The monoisotopic (exact) mass is 462 g/mol. The molecule has 1 atom stereocenters. The van der Waals surface area contributed by atoms with Crippen LogP contribution in [0.3, 0.4) is 0 Å². The summed E-state index contributed by atoms with van der Waals surface area (Å²) < 4.78 is 18.5. The molecule has 0 spiro atoms. The van der Waals surface area contributed by atoms with Crippen LogP contribution < -0.4 is 10.1 Å². The molecule has 7 heteroatoms. The smallest absolute Gasteiger partial charge is 0.340 e. The third kappa shape index (κ3) is 5.16. The van der Waals surface area contributed by atoms with E-state index in [-0.39, 0.29) is 12.6 Å². The molecule has 0 unspecified atom stereocenters. The number of aryl methyl sites for hydroxylation is 1. The summed E-state index contributed by atoms with van der Waals surface area (Å²) in [6.45, 7) is 7.05. The van der Waals surface area contributed by atoms with Gasteiger partial charge in [0.2, 0.25) is 0 Å². The van der Waals surface area contributed by atoms with Crippen LogP contribution in [0.4, 0.5) is 0 Å². The zero-order valence-corrected chi connectivity index (χ0v) is 19.7. The number of aromatic nitrogens is 1. The van der Waals surface area contributed by atoms with Gasteiger partial charge in [-0.25, -0.2) is 4.79 Å². The molecule has 34 heavy (non-hydrogen) atoms. The van der Waals surface area contributed by atoms with E-state index in [9.17, 15) is 9.90 Å². The number of benzene rings is 2. The van der Waals surface area contributed by atoms with Crippen LogP contribution in [0, 0.1) is 13.8 Å². The summed E-state index contributed by atoms with van der Waals surface area (Å²) in [5.41, 5.74) is 4.34. The largest absolute Gasteiger partial charge is 0.491 e. The maximum atomic E-state index is 12.8. The molecule has 0 bridgehead atoms. The Labute approximate surface area is 198 Å². The first kappa shape index (κ1) is 23.6. The minimum absolute atomic E-state index is 0.114. The summed E-state index contributed by atoms with van der Waals surface area (Å²) in [5.74, 6) is 1.01. The van der Waals surface area contributed by atoms with Crippen molar-refractivity contribution in [1.82, 2.24) is 9.88 Å². The van der Waals surface area contributed by atoms with E-state index in [1.807, 2.05) is 68.4 Å². The van der Waals surface area contributed by atoms with E-state index in [0.29, 0.717) is 31.0 Å². The molecule has 2 N–H and O–H groups in total. The van der Waals surface area contributed by atoms with Crippen LogP contribution in [0.5, 0.6) is 5.75 Å². The number of aliphatic hydroxyl groups is 1. The van der Waals surface area contributed by atoms with Crippen LogP contribution in [0.15, 0.2) is 65.3 Å². The number of ether oxygens (including phenoxy) is 2. The summed E-state index contributed by atoms with van der Waals surface area (Å²) in [6.07, 6.45) is 0.916. The van der Waals surface area contributed by atoms with Crippen molar-refractivity contribution in [2.75, 3.05) is 19.8 Å². The van der Waals surface area contributed by atoms with Gasteiger partial charge in [0, 0.05) is 23.3 Å². The Morgan fingerprint density at radius 3 is 2.65 bits per heavy atom. The van der Waals surface area contributed by atoms with Gasteiger partial charge in [-0.3, -0.25) is 0 Å². The third-order valence-electron chi connectivity index (χ3n) is 5.65. The highest BCUT2D eigenvalue weighted by Crippen LogP contribution is 2.32. The van der Waals surface area contributed by atoms with E-state index in [2.05, 4.69) is 9.88 Å². The molecule has 2 aromatic carbocycles. The number of hydrogen-bond donors (Lipinski definition) is 2. The number of aliphatic hydroxyl groups excluding tert-OH is 1. The number of carbonyl (C=O) groups excluding carboxylic acids is 1. The Balaban J connectivity index is 1.55. The highest BCUT2D eigenvalue weighted by Gasteiger charge is 2.22. The van der Waals surface area contributed by atoms with Crippen LogP contribution in [-0.4, -0.2) is 41.5 Å². The van der Waals surface area contributed by atoms with Gasteiger partial charge in [0.15, 0.2) is 0 Å². The molecular weight excluding hydrogens is 432 g/mol. The summed E-state index contributed by atoms with van der Waals surface area (Å²) in [5, 5.41) is 14.2. The maximum Gasteiger partial charge on any atom is 0.340 e. The van der Waals surface area contributed by atoms with Crippen molar-refractivity contribution in [3.8, 4) is 11.4 Å². The van der Waals surface area contributed by atoms with Gasteiger partial charge in [0.05, 0.1) is 30.5 Å². The van der Waals surface area contributed by atoms with Gasteiger partial charge < -0.3 is 28.9 Å². The Bertz CT molecular complexity index is 1240. The second kappa shape index (κ2) is 10.6. The van der Waals surface area contributed by atoms with Crippen LogP contribution >= 0.6 is 0 Å². The highest BCUT2D eigenvalue weighted by molar-refractivity contribution is 6.07. The molecule has 0 aliphatic carbocycles. The van der Waals surface area contributed by atoms with Crippen molar-refractivity contribution < 1.29 is 23.8 Å². The van der Waals surface area contributed by atoms with E-state index >= 15 is 0 Å². The van der Waals surface area contributed by atoms with Crippen molar-refractivity contribution in [2.45, 2.75) is 33.4 Å². The van der Waals surface area contributed by atoms with Crippen LogP contribution in [0.25, 0.3) is 16.6 Å². The van der Waals surface area contributed by atoms with Crippen molar-refractivity contribution >= 4 is 16.9 Å². The zero-order valence-electron chi connectivity index (χ0n) is 19.7. The number of furan rings is 1. The first-order valence-electron chi connectivity index (χ1n) is 11.4. The van der Waals surface area contributed by atoms with E-state index in [1.54, 1.807) is 13.2 Å². The van der Waals surface area contributed by atoms with E-state index in [1.165, 1.54) is 0 Å². The van der Waals surface area contributed by atoms with Gasteiger partial charge in [0.25, 0.3) is 0 Å². The van der Waals surface area contributed by atoms with Crippen molar-refractivity contribution in [2.24, 2.45) is 0 Å². The zero-order chi connectivity index (χ0) is 24.1. The molecule has 2 heterocycles. The summed E-state index contributed by atoms with van der Waals surface area (Å²) in [6, 6.07) is 17.5. The number of rotatable bonds is 10. The lowest BCUT2D eigenvalue weighted by Crippen LogP contribution is -2.31. The SMILES string of the molecule is CCOC(=O)c1c(C)n(-c2ccc(C)cc2)c2ccc(OC[C@@H](O)CNCc3ccco3)cc12. The van der Waals surface area contributed by atoms with Gasteiger partial charge in [-0.15, -0.1) is 0 Å². The highest BCUT2D eigenvalue weighted by atomic mass is 16.5. The number of nitrogens with zero attached hydrogens (tertiary/aromatic N) is 1. The second-order valence-corrected chi connectivity index (χ2v) is 8.21. The molecule has 4 rings (SSSR count).